The zero-order valence-corrected chi connectivity index (χ0v) is 15.8. The molecule has 0 fully saturated rings. The fraction of sp³-hybridized carbons (Fsp3) is 0.188. The third-order valence-corrected chi connectivity index (χ3v) is 2.82. The lowest BCUT2D eigenvalue weighted by molar-refractivity contribution is -0.156. The Labute approximate surface area is 162 Å². The predicted molar refractivity (Wildman–Crippen MR) is 103 cm³/mol. The fourth-order valence-corrected chi connectivity index (χ4v) is 1.89. The van der Waals surface area contributed by atoms with Crippen LogP contribution in [0.4, 0.5) is 0 Å². The molecule has 0 atom stereocenters. The van der Waals surface area contributed by atoms with Gasteiger partial charge in [-0.3, -0.25) is 9.59 Å². The van der Waals surface area contributed by atoms with Crippen LogP contribution < -0.4 is 10.9 Å². The summed E-state index contributed by atoms with van der Waals surface area (Å²) in [4.78, 5) is 23.5. The third-order valence-electron chi connectivity index (χ3n) is 2.63. The summed E-state index contributed by atoms with van der Waals surface area (Å²) in [5.41, 5.74) is 1.56. The topological polar surface area (TPSA) is 137 Å². The average molecular weight is 395 g/mol. The van der Waals surface area contributed by atoms with Crippen LogP contribution in [0.5, 0.6) is 0 Å². The molecule has 0 saturated heterocycles. The number of halogens is 1. The molecule has 8 nitrogen and oxygen atoms in total. The van der Waals surface area contributed by atoms with E-state index in [2.05, 4.69) is 9.72 Å². The van der Waals surface area contributed by atoms with Gasteiger partial charge in [0.05, 0.1) is 0 Å². The van der Waals surface area contributed by atoms with Gasteiger partial charge in [0, 0.05) is 19.5 Å². The highest BCUT2D eigenvalue weighted by atomic mass is 35.5. The number of carbonyl (C=O) groups excluding carboxylic acids is 2. The van der Waals surface area contributed by atoms with Crippen molar-refractivity contribution in [3.05, 3.63) is 53.3 Å². The quantitative estimate of drug-likeness (QED) is 0.224. The third kappa shape index (κ3) is 12.7. The Morgan fingerprint density at radius 2 is 1.41 bits per heavy atom. The Balaban J connectivity index is 0.000000387. The first-order chi connectivity index (χ1) is 12.5. The number of nitrogens with zero attached hydrogens (tertiary/aromatic N) is 1. The molecule has 4 N–H and O–H groups in total. The van der Waals surface area contributed by atoms with E-state index in [0.29, 0.717) is 16.6 Å². The number of hydrogen-bond donors (Lipinski definition) is 4. The van der Waals surface area contributed by atoms with Crippen LogP contribution in [0.1, 0.15) is 19.5 Å². The van der Waals surface area contributed by atoms with Gasteiger partial charge < -0.3 is 24.8 Å². The molecule has 11 heteroatoms. The summed E-state index contributed by atoms with van der Waals surface area (Å²) in [6.07, 6.45) is 0. The highest BCUT2D eigenvalue weighted by molar-refractivity contribution is 6.59. The van der Waals surface area contributed by atoms with E-state index < -0.39 is 26.2 Å². The Bertz CT molecular complexity index is 698. The van der Waals surface area contributed by atoms with Crippen LogP contribution in [-0.4, -0.2) is 51.3 Å². The molecule has 0 aliphatic heterocycles. The summed E-state index contributed by atoms with van der Waals surface area (Å²) in [5.74, 6) is -1.12. The van der Waals surface area contributed by atoms with Crippen molar-refractivity contribution in [2.75, 3.05) is 0 Å². The average Bonchev–Trinajstić information content (AvgIpc) is 2.54. The normalized spacial score (nSPS) is 9.04. The Morgan fingerprint density at radius 3 is 1.70 bits per heavy atom. The number of rotatable bonds is 2. The van der Waals surface area contributed by atoms with Gasteiger partial charge in [-0.1, -0.05) is 41.9 Å². The van der Waals surface area contributed by atoms with Gasteiger partial charge in [-0.2, -0.15) is 0 Å². The lowest BCUT2D eigenvalue weighted by atomic mass is 9.81. The van der Waals surface area contributed by atoms with Crippen LogP contribution in [0, 0.1) is 6.92 Å². The van der Waals surface area contributed by atoms with Crippen LogP contribution in [0.2, 0.25) is 5.15 Å². The molecular formula is C16H20B2ClNO7. The second kappa shape index (κ2) is 13.0. The first kappa shape index (κ1) is 24.8. The standard InChI is InChI=1S/C6H7BClNO2.C6H7BO2.C4H6O3/c1-4-2-5(7(10)11)3-6(8)9-4;8-7(9)6-4-2-1-3-5-6;1-3(5)7-4(2)6/h2-3,10-11H,1H3;1-5,8-9H;1-2H3. The first-order valence-corrected chi connectivity index (χ1v) is 8.01. The van der Waals surface area contributed by atoms with E-state index in [1.54, 1.807) is 37.3 Å². The second-order valence-electron chi connectivity index (χ2n) is 5.11. The first-order valence-electron chi connectivity index (χ1n) is 7.63. The van der Waals surface area contributed by atoms with E-state index in [1.807, 2.05) is 6.07 Å². The smallest absolute Gasteiger partial charge is 0.423 e. The van der Waals surface area contributed by atoms with E-state index in [9.17, 15) is 9.59 Å². The summed E-state index contributed by atoms with van der Waals surface area (Å²) < 4.78 is 3.97. The number of hydrogen-bond acceptors (Lipinski definition) is 8. The minimum atomic E-state index is -1.48. The van der Waals surface area contributed by atoms with Crippen LogP contribution >= 0.6 is 11.6 Å². The van der Waals surface area contributed by atoms with Gasteiger partial charge in [0.25, 0.3) is 0 Å². The summed E-state index contributed by atoms with van der Waals surface area (Å²) >= 11 is 5.56. The van der Waals surface area contributed by atoms with Crippen molar-refractivity contribution in [2.45, 2.75) is 20.8 Å². The van der Waals surface area contributed by atoms with Crippen LogP contribution in [0.3, 0.4) is 0 Å². The molecule has 0 radical (unpaired) electrons. The molecule has 0 aliphatic carbocycles. The Kier molecular flexibility index (Phi) is 11.9. The predicted octanol–water partition coefficient (Wildman–Crippen LogP) is -0.814. The van der Waals surface area contributed by atoms with Crippen LogP contribution in [-0.2, 0) is 14.3 Å². The van der Waals surface area contributed by atoms with Gasteiger partial charge in [-0.25, -0.2) is 4.98 Å². The molecule has 0 spiro atoms. The molecule has 144 valence electrons. The lowest BCUT2D eigenvalue weighted by Crippen LogP contribution is -2.30. The molecule has 2 rings (SSSR count). The number of aryl methyl sites for hydroxylation is 1. The van der Waals surface area contributed by atoms with Crippen LogP contribution in [0.25, 0.3) is 0 Å². The molecule has 27 heavy (non-hydrogen) atoms. The maximum absolute atomic E-state index is 9.81. The largest absolute Gasteiger partial charge is 0.488 e. The monoisotopic (exact) mass is 395 g/mol. The molecule has 1 aromatic heterocycles. The number of pyridine rings is 1. The Hall–Kier alpha value is -2.23. The summed E-state index contributed by atoms with van der Waals surface area (Å²) in [5, 5.41) is 34.9. The number of benzene rings is 1. The molecule has 1 heterocycles. The van der Waals surface area contributed by atoms with Crippen LogP contribution in [0.15, 0.2) is 42.5 Å². The summed E-state index contributed by atoms with van der Waals surface area (Å²) in [6.45, 7) is 4.10. The van der Waals surface area contributed by atoms with Crippen molar-refractivity contribution in [2.24, 2.45) is 0 Å². The number of carbonyl (C=O) groups is 2. The zero-order valence-electron chi connectivity index (χ0n) is 15.0. The molecule has 2 aromatic rings. The van der Waals surface area contributed by atoms with Gasteiger partial charge in [0.1, 0.15) is 5.15 Å². The van der Waals surface area contributed by atoms with E-state index >= 15 is 0 Å². The van der Waals surface area contributed by atoms with E-state index in [-0.39, 0.29) is 5.15 Å². The van der Waals surface area contributed by atoms with E-state index in [4.69, 9.17) is 31.7 Å². The van der Waals surface area contributed by atoms with Gasteiger partial charge in [0.15, 0.2) is 0 Å². The van der Waals surface area contributed by atoms with E-state index in [1.165, 1.54) is 19.9 Å². The molecule has 1 aromatic carbocycles. The zero-order chi connectivity index (χ0) is 21.0. The highest BCUT2D eigenvalue weighted by Gasteiger charge is 2.11. The minimum absolute atomic E-state index is 0.271. The SMILES string of the molecule is CC(=O)OC(C)=O.Cc1cc(B(O)O)cc(Cl)n1.OB(O)c1ccccc1. The molecule has 0 aliphatic rings. The maximum atomic E-state index is 9.81. The minimum Gasteiger partial charge on any atom is -0.423 e. The van der Waals surface area contributed by atoms with Gasteiger partial charge in [-0.15, -0.1) is 0 Å². The van der Waals surface area contributed by atoms with Crippen molar-refractivity contribution in [3.63, 3.8) is 0 Å². The number of ether oxygens (including phenoxy) is 1. The van der Waals surface area contributed by atoms with Crippen molar-refractivity contribution in [1.29, 1.82) is 0 Å². The molecule has 0 saturated carbocycles. The van der Waals surface area contributed by atoms with Gasteiger partial charge in [-0.05, 0) is 30.0 Å². The molecular weight excluding hydrogens is 375 g/mol. The molecule has 0 bridgehead atoms. The molecule has 0 unspecified atom stereocenters. The van der Waals surface area contributed by atoms with Gasteiger partial charge >= 0.3 is 26.2 Å². The molecule has 0 amide bonds. The van der Waals surface area contributed by atoms with Crippen molar-refractivity contribution in [3.8, 4) is 0 Å². The van der Waals surface area contributed by atoms with Crippen molar-refractivity contribution < 1.29 is 34.4 Å². The fourth-order valence-electron chi connectivity index (χ4n) is 1.63. The number of esters is 2. The lowest BCUT2D eigenvalue weighted by Gasteiger charge is -2.00. The number of aromatic nitrogens is 1. The summed E-state index contributed by atoms with van der Waals surface area (Å²) in [6, 6.07) is 11.6. The van der Waals surface area contributed by atoms with Gasteiger partial charge in [0.2, 0.25) is 0 Å². The van der Waals surface area contributed by atoms with E-state index in [0.717, 1.165) is 0 Å². The Morgan fingerprint density at radius 1 is 0.926 bits per heavy atom. The maximum Gasteiger partial charge on any atom is 0.488 e. The second-order valence-corrected chi connectivity index (χ2v) is 5.50. The highest BCUT2D eigenvalue weighted by Crippen LogP contribution is 2.02. The van der Waals surface area contributed by atoms with Crippen molar-refractivity contribution >= 4 is 48.7 Å². The van der Waals surface area contributed by atoms with Crippen molar-refractivity contribution in [1.82, 2.24) is 4.98 Å². The summed E-state index contributed by atoms with van der Waals surface area (Å²) in [7, 11) is -2.82.